The predicted octanol–water partition coefficient (Wildman–Crippen LogP) is 5.30. The summed E-state index contributed by atoms with van der Waals surface area (Å²) in [5.41, 5.74) is -1.22. The monoisotopic (exact) mass is 320 g/mol. The predicted molar refractivity (Wildman–Crippen MR) is 67.2 cm³/mol. The molecule has 0 aliphatic heterocycles. The van der Waals surface area contributed by atoms with Gasteiger partial charge in [-0.15, -0.1) is 0 Å². The number of ether oxygens (including phenoxy) is 1. The molecule has 0 heterocycles. The minimum atomic E-state index is -4.48. The van der Waals surface area contributed by atoms with E-state index in [1.54, 1.807) is 0 Å². The SMILES string of the molecule is FC(F)(F)c1ccc(COc2cccc(C(F)(F)F)c2)cc1. The van der Waals surface area contributed by atoms with Crippen LogP contribution in [-0.2, 0) is 19.0 Å². The lowest BCUT2D eigenvalue weighted by molar-refractivity contribution is -0.138. The number of rotatable bonds is 3. The molecule has 0 aliphatic rings. The van der Waals surface area contributed by atoms with E-state index in [-0.39, 0.29) is 12.4 Å². The summed E-state index contributed by atoms with van der Waals surface area (Å²) >= 11 is 0. The first kappa shape index (κ1) is 16.2. The molecule has 2 rings (SSSR count). The van der Waals surface area contributed by atoms with Gasteiger partial charge in [-0.2, -0.15) is 26.3 Å². The van der Waals surface area contributed by atoms with Crippen LogP contribution >= 0.6 is 0 Å². The molecule has 0 unspecified atom stereocenters. The van der Waals surface area contributed by atoms with Crippen molar-refractivity contribution in [2.24, 2.45) is 0 Å². The second-order valence-electron chi connectivity index (χ2n) is 4.51. The highest BCUT2D eigenvalue weighted by molar-refractivity contribution is 5.31. The van der Waals surface area contributed by atoms with Crippen molar-refractivity contribution in [1.29, 1.82) is 0 Å². The van der Waals surface area contributed by atoms with E-state index in [1.165, 1.54) is 24.3 Å². The third-order valence-corrected chi connectivity index (χ3v) is 2.85. The maximum absolute atomic E-state index is 12.5. The van der Waals surface area contributed by atoms with Crippen LogP contribution in [-0.4, -0.2) is 0 Å². The van der Waals surface area contributed by atoms with Gasteiger partial charge in [0.05, 0.1) is 11.1 Å². The Bertz CT molecular complexity index is 628. The number of benzene rings is 2. The first-order chi connectivity index (χ1) is 10.2. The van der Waals surface area contributed by atoms with Crippen LogP contribution in [0.1, 0.15) is 16.7 Å². The molecule has 0 atom stereocenters. The molecule has 0 radical (unpaired) electrons. The van der Waals surface area contributed by atoms with E-state index >= 15 is 0 Å². The van der Waals surface area contributed by atoms with Crippen molar-refractivity contribution in [3.63, 3.8) is 0 Å². The van der Waals surface area contributed by atoms with Crippen LogP contribution in [0, 0.1) is 0 Å². The second kappa shape index (κ2) is 5.90. The molecular formula is C15H10F6O. The molecule has 0 aliphatic carbocycles. The lowest BCUT2D eigenvalue weighted by atomic mass is 10.1. The largest absolute Gasteiger partial charge is 0.489 e. The molecule has 0 N–H and O–H groups in total. The van der Waals surface area contributed by atoms with Crippen molar-refractivity contribution in [3.8, 4) is 5.75 Å². The maximum atomic E-state index is 12.5. The third kappa shape index (κ3) is 4.16. The molecule has 0 bridgehead atoms. The van der Waals surface area contributed by atoms with E-state index in [1.807, 2.05) is 0 Å². The summed E-state index contributed by atoms with van der Waals surface area (Å²) in [4.78, 5) is 0. The van der Waals surface area contributed by atoms with Gasteiger partial charge < -0.3 is 4.74 Å². The summed E-state index contributed by atoms with van der Waals surface area (Å²) in [5, 5.41) is 0. The van der Waals surface area contributed by atoms with Gasteiger partial charge in [-0.3, -0.25) is 0 Å². The lowest BCUT2D eigenvalue weighted by Crippen LogP contribution is -2.06. The van der Waals surface area contributed by atoms with E-state index in [0.29, 0.717) is 5.56 Å². The molecule has 0 saturated carbocycles. The highest BCUT2D eigenvalue weighted by Crippen LogP contribution is 2.32. The van der Waals surface area contributed by atoms with Gasteiger partial charge in [0.25, 0.3) is 0 Å². The van der Waals surface area contributed by atoms with Crippen molar-refractivity contribution in [1.82, 2.24) is 0 Å². The van der Waals surface area contributed by atoms with Crippen LogP contribution in [0.3, 0.4) is 0 Å². The van der Waals surface area contributed by atoms with Gasteiger partial charge in [0.1, 0.15) is 12.4 Å². The standard InChI is InChI=1S/C15H10F6O/c16-14(17,18)11-6-4-10(5-7-11)9-22-13-3-1-2-12(8-13)15(19,20)21/h1-8H,9H2. The second-order valence-corrected chi connectivity index (χ2v) is 4.51. The Hall–Kier alpha value is -2.18. The van der Waals surface area contributed by atoms with Gasteiger partial charge in [-0.25, -0.2) is 0 Å². The average Bonchev–Trinajstić information content (AvgIpc) is 2.44. The van der Waals surface area contributed by atoms with Crippen LogP contribution in [0.4, 0.5) is 26.3 Å². The Morgan fingerprint density at radius 2 is 1.32 bits per heavy atom. The van der Waals surface area contributed by atoms with E-state index in [9.17, 15) is 26.3 Å². The fourth-order valence-electron chi connectivity index (χ4n) is 1.72. The van der Waals surface area contributed by atoms with Gasteiger partial charge in [-0.1, -0.05) is 18.2 Å². The lowest BCUT2D eigenvalue weighted by Gasteiger charge is -2.11. The molecule has 0 fully saturated rings. The number of alkyl halides is 6. The molecule has 118 valence electrons. The minimum Gasteiger partial charge on any atom is -0.489 e. The fourth-order valence-corrected chi connectivity index (χ4v) is 1.72. The summed E-state index contributed by atoms with van der Waals surface area (Å²) in [5.74, 6) is -0.00489. The van der Waals surface area contributed by atoms with Gasteiger partial charge in [0.2, 0.25) is 0 Å². The van der Waals surface area contributed by atoms with Crippen LogP contribution in [0.5, 0.6) is 5.75 Å². The number of halogens is 6. The normalized spacial score (nSPS) is 12.3. The summed E-state index contributed by atoms with van der Waals surface area (Å²) < 4.78 is 79.9. The van der Waals surface area contributed by atoms with Gasteiger partial charge in [0, 0.05) is 0 Å². The summed E-state index contributed by atoms with van der Waals surface area (Å²) in [6.07, 6.45) is -8.91. The molecule has 22 heavy (non-hydrogen) atoms. The van der Waals surface area contributed by atoms with Crippen molar-refractivity contribution in [3.05, 3.63) is 65.2 Å². The molecule has 0 amide bonds. The third-order valence-electron chi connectivity index (χ3n) is 2.85. The zero-order valence-electron chi connectivity index (χ0n) is 11.0. The van der Waals surface area contributed by atoms with Crippen molar-refractivity contribution in [2.45, 2.75) is 19.0 Å². The Morgan fingerprint density at radius 1 is 0.727 bits per heavy atom. The molecule has 0 saturated heterocycles. The van der Waals surface area contributed by atoms with Crippen LogP contribution in [0.2, 0.25) is 0 Å². The zero-order valence-corrected chi connectivity index (χ0v) is 11.0. The summed E-state index contributed by atoms with van der Waals surface area (Å²) in [6, 6.07) is 8.52. The molecule has 7 heteroatoms. The van der Waals surface area contributed by atoms with E-state index < -0.39 is 23.5 Å². The van der Waals surface area contributed by atoms with Gasteiger partial charge in [-0.05, 0) is 35.9 Å². The molecule has 0 aromatic heterocycles. The Labute approximate surface area is 122 Å². The summed E-state index contributed by atoms with van der Waals surface area (Å²) in [7, 11) is 0. The van der Waals surface area contributed by atoms with Crippen LogP contribution in [0.25, 0.3) is 0 Å². The maximum Gasteiger partial charge on any atom is 0.416 e. The van der Waals surface area contributed by atoms with Crippen LogP contribution in [0.15, 0.2) is 48.5 Å². The Morgan fingerprint density at radius 3 is 1.86 bits per heavy atom. The van der Waals surface area contributed by atoms with Gasteiger partial charge >= 0.3 is 12.4 Å². The van der Waals surface area contributed by atoms with Crippen molar-refractivity contribution in [2.75, 3.05) is 0 Å². The molecular weight excluding hydrogens is 310 g/mol. The Kier molecular flexibility index (Phi) is 4.35. The van der Waals surface area contributed by atoms with Crippen molar-refractivity contribution >= 4 is 0 Å². The van der Waals surface area contributed by atoms with Crippen molar-refractivity contribution < 1.29 is 31.1 Å². The van der Waals surface area contributed by atoms with E-state index in [0.717, 1.165) is 24.3 Å². The first-order valence-corrected chi connectivity index (χ1v) is 6.12. The molecule has 1 nitrogen and oxygen atoms in total. The minimum absolute atomic E-state index is 0.00489. The van der Waals surface area contributed by atoms with Gasteiger partial charge in [0.15, 0.2) is 0 Å². The summed E-state index contributed by atoms with van der Waals surface area (Å²) in [6.45, 7) is -0.126. The number of hydrogen-bond acceptors (Lipinski definition) is 1. The van der Waals surface area contributed by atoms with Crippen LogP contribution < -0.4 is 4.74 Å². The topological polar surface area (TPSA) is 9.23 Å². The van der Waals surface area contributed by atoms with E-state index in [4.69, 9.17) is 4.74 Å². The highest BCUT2D eigenvalue weighted by Gasteiger charge is 2.31. The zero-order chi connectivity index (χ0) is 16.4. The van der Waals surface area contributed by atoms with E-state index in [2.05, 4.69) is 0 Å². The highest BCUT2D eigenvalue weighted by atomic mass is 19.4. The Balaban J connectivity index is 2.04. The molecule has 0 spiro atoms. The molecule has 2 aromatic rings. The molecule has 2 aromatic carbocycles. The fraction of sp³-hybridized carbons (Fsp3) is 0.200. The first-order valence-electron chi connectivity index (χ1n) is 6.12. The quantitative estimate of drug-likeness (QED) is 0.697. The smallest absolute Gasteiger partial charge is 0.416 e. The average molecular weight is 320 g/mol. The number of hydrogen-bond donors (Lipinski definition) is 0.